The minimum atomic E-state index is -3.29. The predicted octanol–water partition coefficient (Wildman–Crippen LogP) is 1.19. The molecule has 8 heteroatoms. The lowest BCUT2D eigenvalue weighted by Gasteiger charge is -2.07. The van der Waals surface area contributed by atoms with Gasteiger partial charge in [-0.25, -0.2) is 13.1 Å². The van der Waals surface area contributed by atoms with E-state index in [1.54, 1.807) is 19.2 Å². The summed E-state index contributed by atoms with van der Waals surface area (Å²) in [5.74, 6) is -0.522. The zero-order valence-corrected chi connectivity index (χ0v) is 13.4. The quantitative estimate of drug-likeness (QED) is 0.643. The number of hydrogen-bond donors (Lipinski definition) is 1. The van der Waals surface area contributed by atoms with Gasteiger partial charge in [-0.1, -0.05) is 7.43 Å². The molecular weight excluding hydrogens is 330 g/mol. The first-order valence-corrected chi connectivity index (χ1v) is 8.50. The van der Waals surface area contributed by atoms with Crippen LogP contribution in [0.25, 0.3) is 5.69 Å². The van der Waals surface area contributed by atoms with E-state index in [1.165, 1.54) is 41.4 Å². The first-order valence-electron chi connectivity index (χ1n) is 6.61. The number of rotatable bonds is 5. The van der Waals surface area contributed by atoms with Crippen molar-refractivity contribution in [3.8, 4) is 5.69 Å². The molecule has 1 aromatic heterocycles. The number of aromatic nitrogens is 2. The molecular formula is C16H19N3O4S. The van der Waals surface area contributed by atoms with Crippen molar-refractivity contribution in [3.63, 3.8) is 0 Å². The maximum absolute atomic E-state index is 11.9. The highest BCUT2D eigenvalue weighted by molar-refractivity contribution is 7.90. The number of sulfone groups is 1. The van der Waals surface area contributed by atoms with Crippen LogP contribution in [0.3, 0.4) is 0 Å². The Hall–Kier alpha value is -2.74. The van der Waals surface area contributed by atoms with Crippen LogP contribution in [-0.2, 0) is 9.84 Å². The van der Waals surface area contributed by atoms with E-state index >= 15 is 0 Å². The molecule has 0 saturated carbocycles. The van der Waals surface area contributed by atoms with E-state index in [1.807, 2.05) is 0 Å². The molecule has 24 heavy (non-hydrogen) atoms. The number of carbonyl (C=O) groups excluding carboxylic acids is 1. The number of nitrogens with one attached hydrogen (secondary N) is 1. The maximum atomic E-state index is 11.9. The van der Waals surface area contributed by atoms with Gasteiger partial charge in [0.15, 0.2) is 15.5 Å². The predicted molar refractivity (Wildman–Crippen MR) is 92.2 cm³/mol. The Morgan fingerprint density at radius 3 is 2.38 bits per heavy atom. The molecule has 0 radical (unpaired) electrons. The van der Waals surface area contributed by atoms with Gasteiger partial charge in [0.25, 0.3) is 0 Å². The molecule has 0 saturated heterocycles. The first kappa shape index (κ1) is 19.3. The zero-order valence-electron chi connectivity index (χ0n) is 12.6. The van der Waals surface area contributed by atoms with Crippen LogP contribution in [0.5, 0.6) is 0 Å². The summed E-state index contributed by atoms with van der Waals surface area (Å²) in [7, 11) is -1.66. The molecule has 1 aromatic carbocycles. The van der Waals surface area contributed by atoms with E-state index in [0.717, 1.165) is 6.26 Å². The number of carbonyl (C=O) groups is 1. The van der Waals surface area contributed by atoms with E-state index in [2.05, 4.69) is 10.4 Å². The number of nitrogens with zero attached hydrogens (tertiary/aromatic N) is 2. The monoisotopic (exact) mass is 349 g/mol. The van der Waals surface area contributed by atoms with Crippen LogP contribution in [-0.4, -0.2) is 37.3 Å². The molecule has 2 aromatic rings. The number of ketones is 1. The van der Waals surface area contributed by atoms with E-state index in [4.69, 9.17) is 0 Å². The molecule has 0 aliphatic heterocycles. The average Bonchev–Trinajstić information content (AvgIpc) is 2.52. The highest BCUT2D eigenvalue weighted by Gasteiger charge is 2.11. The molecule has 128 valence electrons. The third-order valence-corrected chi connectivity index (χ3v) is 4.10. The lowest BCUT2D eigenvalue weighted by atomic mass is 10.2. The molecule has 0 aliphatic rings. The molecule has 0 spiro atoms. The fraction of sp³-hybridized carbons (Fsp3) is 0.188. The standard InChI is InChI=1S/C15H15N3O4S.CH4/c1-16-9-7-13(19)15-14(20)8-10-18(17-15)11-3-5-12(6-4-11)23(2,21)22;/h3-10,16H,1-2H3;1H4. The fourth-order valence-corrected chi connectivity index (χ4v) is 2.44. The van der Waals surface area contributed by atoms with Crippen LogP contribution in [0.15, 0.2) is 58.5 Å². The van der Waals surface area contributed by atoms with Crippen molar-refractivity contribution in [3.05, 3.63) is 64.7 Å². The van der Waals surface area contributed by atoms with Crippen molar-refractivity contribution in [2.75, 3.05) is 13.3 Å². The summed E-state index contributed by atoms with van der Waals surface area (Å²) in [5.41, 5.74) is -0.171. The lowest BCUT2D eigenvalue weighted by Crippen LogP contribution is -2.19. The third-order valence-electron chi connectivity index (χ3n) is 2.97. The second kappa shape index (κ2) is 7.69. The van der Waals surface area contributed by atoms with Crippen molar-refractivity contribution in [1.82, 2.24) is 15.1 Å². The van der Waals surface area contributed by atoms with Gasteiger partial charge in [0.05, 0.1) is 10.6 Å². The Kier molecular flexibility index (Phi) is 6.19. The van der Waals surface area contributed by atoms with Crippen molar-refractivity contribution in [2.45, 2.75) is 12.3 Å². The summed E-state index contributed by atoms with van der Waals surface area (Å²) in [6.45, 7) is 0. The van der Waals surface area contributed by atoms with Crippen LogP contribution in [0, 0.1) is 0 Å². The number of benzene rings is 1. The highest BCUT2D eigenvalue weighted by Crippen LogP contribution is 2.12. The highest BCUT2D eigenvalue weighted by atomic mass is 32.2. The largest absolute Gasteiger partial charge is 0.394 e. The van der Waals surface area contributed by atoms with Gasteiger partial charge in [-0.15, -0.1) is 0 Å². The van der Waals surface area contributed by atoms with Crippen molar-refractivity contribution >= 4 is 15.6 Å². The number of hydrogen-bond acceptors (Lipinski definition) is 6. The molecule has 0 bridgehead atoms. The molecule has 0 aliphatic carbocycles. The molecule has 0 atom stereocenters. The third kappa shape index (κ3) is 4.39. The SMILES string of the molecule is C.CNC=CC(=O)c1nn(-c2ccc(S(C)(=O)=O)cc2)ccc1=O. The Morgan fingerprint density at radius 1 is 1.21 bits per heavy atom. The molecule has 1 heterocycles. The smallest absolute Gasteiger partial charge is 0.211 e. The summed E-state index contributed by atoms with van der Waals surface area (Å²) in [6, 6.07) is 7.20. The average molecular weight is 349 g/mol. The van der Waals surface area contributed by atoms with Crippen LogP contribution < -0.4 is 10.7 Å². The van der Waals surface area contributed by atoms with Gasteiger partial charge in [-0.3, -0.25) is 9.59 Å². The van der Waals surface area contributed by atoms with Gasteiger partial charge in [0, 0.05) is 37.8 Å². The maximum Gasteiger partial charge on any atom is 0.211 e. The Bertz CT molecular complexity index is 913. The van der Waals surface area contributed by atoms with E-state index in [9.17, 15) is 18.0 Å². The molecule has 0 fully saturated rings. The lowest BCUT2D eigenvalue weighted by molar-refractivity contribution is 0.103. The minimum absolute atomic E-state index is 0. The second-order valence-electron chi connectivity index (χ2n) is 4.73. The van der Waals surface area contributed by atoms with Gasteiger partial charge < -0.3 is 5.32 Å². The van der Waals surface area contributed by atoms with Gasteiger partial charge in [-0.2, -0.15) is 5.10 Å². The van der Waals surface area contributed by atoms with E-state index in [-0.39, 0.29) is 18.0 Å². The topological polar surface area (TPSA) is 98.1 Å². The molecule has 1 N–H and O–H groups in total. The van der Waals surface area contributed by atoms with Gasteiger partial charge in [0.1, 0.15) is 0 Å². The molecule has 2 rings (SSSR count). The second-order valence-corrected chi connectivity index (χ2v) is 6.74. The minimum Gasteiger partial charge on any atom is -0.394 e. The summed E-state index contributed by atoms with van der Waals surface area (Å²) >= 11 is 0. The van der Waals surface area contributed by atoms with Crippen molar-refractivity contribution in [1.29, 1.82) is 0 Å². The van der Waals surface area contributed by atoms with Crippen molar-refractivity contribution < 1.29 is 13.2 Å². The number of allylic oxidation sites excluding steroid dienone is 1. The Morgan fingerprint density at radius 2 is 1.83 bits per heavy atom. The van der Waals surface area contributed by atoms with E-state index < -0.39 is 21.0 Å². The first-order chi connectivity index (χ1) is 10.8. The van der Waals surface area contributed by atoms with E-state index in [0.29, 0.717) is 5.69 Å². The molecule has 0 unspecified atom stereocenters. The Labute approximate surface area is 140 Å². The van der Waals surface area contributed by atoms with Gasteiger partial charge in [0.2, 0.25) is 11.2 Å². The molecule has 0 amide bonds. The van der Waals surface area contributed by atoms with Crippen molar-refractivity contribution in [2.24, 2.45) is 0 Å². The van der Waals surface area contributed by atoms with Crippen LogP contribution in [0.4, 0.5) is 0 Å². The van der Waals surface area contributed by atoms with Gasteiger partial charge >= 0.3 is 0 Å². The summed E-state index contributed by atoms with van der Waals surface area (Å²) in [5, 5.41) is 6.67. The Balaban J connectivity index is 0.00000288. The zero-order chi connectivity index (χ0) is 17.0. The van der Waals surface area contributed by atoms with Crippen LogP contribution in [0.1, 0.15) is 17.9 Å². The normalized spacial score (nSPS) is 11.1. The van der Waals surface area contributed by atoms with Crippen LogP contribution in [0.2, 0.25) is 0 Å². The summed E-state index contributed by atoms with van der Waals surface area (Å²) in [6.07, 6.45) is 5.14. The van der Waals surface area contributed by atoms with Gasteiger partial charge in [-0.05, 0) is 24.3 Å². The molecule has 7 nitrogen and oxygen atoms in total. The summed E-state index contributed by atoms with van der Waals surface area (Å²) in [4.78, 5) is 23.9. The van der Waals surface area contributed by atoms with Crippen LogP contribution >= 0.6 is 0 Å². The summed E-state index contributed by atoms with van der Waals surface area (Å²) < 4.78 is 24.2. The fourth-order valence-electron chi connectivity index (χ4n) is 1.81.